The average Bonchev–Trinajstić information content (AvgIpc) is 3.08. The molecule has 1 aromatic carbocycles. The van der Waals surface area contributed by atoms with Crippen molar-refractivity contribution in [2.24, 2.45) is 0 Å². The molecule has 2 saturated heterocycles. The second-order valence-electron chi connectivity index (χ2n) is 5.80. The van der Waals surface area contributed by atoms with Crippen molar-refractivity contribution in [3.05, 3.63) is 35.4 Å². The molecule has 0 amide bonds. The molecule has 106 valence electrons. The number of hydrogen-bond donors (Lipinski definition) is 2. The summed E-state index contributed by atoms with van der Waals surface area (Å²) in [7, 11) is 0. The Morgan fingerprint density at radius 2 is 2.10 bits per heavy atom. The van der Waals surface area contributed by atoms with Crippen LogP contribution >= 0.6 is 0 Å². The molecule has 3 unspecified atom stereocenters. The van der Waals surface area contributed by atoms with Crippen molar-refractivity contribution in [3.63, 3.8) is 0 Å². The van der Waals surface area contributed by atoms with Gasteiger partial charge in [0.2, 0.25) is 0 Å². The maximum Gasteiger partial charge on any atom is 0.0991 e. The number of nitriles is 1. The van der Waals surface area contributed by atoms with Gasteiger partial charge in [-0.2, -0.15) is 5.26 Å². The number of rotatable bonds is 4. The summed E-state index contributed by atoms with van der Waals surface area (Å²) in [6.07, 6.45) is 3.27. The molecule has 2 N–H and O–H groups in total. The third kappa shape index (κ3) is 2.71. The van der Waals surface area contributed by atoms with Gasteiger partial charge in [-0.3, -0.25) is 4.90 Å². The molecular formula is C16H21N3O. The summed E-state index contributed by atoms with van der Waals surface area (Å²) >= 11 is 0. The number of nitrogens with one attached hydrogen (secondary N) is 1. The fourth-order valence-electron chi connectivity index (χ4n) is 3.48. The first kappa shape index (κ1) is 13.6. The van der Waals surface area contributed by atoms with E-state index >= 15 is 0 Å². The molecule has 4 heteroatoms. The molecule has 2 fully saturated rings. The number of fused-ring (bicyclic) bond motifs is 1. The molecule has 20 heavy (non-hydrogen) atoms. The zero-order chi connectivity index (χ0) is 13.9. The normalized spacial score (nSPS) is 27.2. The molecule has 0 aliphatic carbocycles. The van der Waals surface area contributed by atoms with Crippen molar-refractivity contribution in [1.82, 2.24) is 10.2 Å². The fraction of sp³-hybridized carbons (Fsp3) is 0.562. The predicted octanol–water partition coefficient (Wildman–Crippen LogP) is 1.42. The van der Waals surface area contributed by atoms with Crippen LogP contribution in [0, 0.1) is 11.3 Å². The van der Waals surface area contributed by atoms with Crippen molar-refractivity contribution < 1.29 is 5.11 Å². The first-order chi connectivity index (χ1) is 9.78. The summed E-state index contributed by atoms with van der Waals surface area (Å²) < 4.78 is 0. The Bertz CT molecular complexity index is 493. The van der Waals surface area contributed by atoms with Crippen molar-refractivity contribution in [2.75, 3.05) is 19.6 Å². The Balaban J connectivity index is 1.54. The second-order valence-corrected chi connectivity index (χ2v) is 5.80. The van der Waals surface area contributed by atoms with Gasteiger partial charge in [0.1, 0.15) is 0 Å². The molecule has 1 aromatic rings. The standard InChI is InChI=1S/C16H21N3O/c17-10-12-3-5-13(6-4-12)16(20)11-18-14-7-9-19-8-1-2-15(14)19/h3-6,14-16,18,20H,1-2,7-9,11H2. The van der Waals surface area contributed by atoms with Crippen molar-refractivity contribution in [2.45, 2.75) is 37.5 Å². The summed E-state index contributed by atoms with van der Waals surface area (Å²) in [5, 5.41) is 22.5. The first-order valence-corrected chi connectivity index (χ1v) is 7.43. The van der Waals surface area contributed by atoms with E-state index in [9.17, 15) is 5.11 Å². The largest absolute Gasteiger partial charge is 0.387 e. The minimum Gasteiger partial charge on any atom is -0.387 e. The van der Waals surface area contributed by atoms with Gasteiger partial charge in [-0.25, -0.2) is 0 Å². The first-order valence-electron chi connectivity index (χ1n) is 7.43. The lowest BCUT2D eigenvalue weighted by atomic mass is 10.0. The number of benzene rings is 1. The van der Waals surface area contributed by atoms with E-state index in [4.69, 9.17) is 5.26 Å². The van der Waals surface area contributed by atoms with Crippen LogP contribution in [0.15, 0.2) is 24.3 Å². The molecular weight excluding hydrogens is 250 g/mol. The number of nitrogens with zero attached hydrogens (tertiary/aromatic N) is 2. The van der Waals surface area contributed by atoms with Gasteiger partial charge in [0.25, 0.3) is 0 Å². The smallest absolute Gasteiger partial charge is 0.0991 e. The Kier molecular flexibility index (Phi) is 4.02. The molecule has 3 atom stereocenters. The molecule has 0 saturated carbocycles. The summed E-state index contributed by atoms with van der Waals surface area (Å²) in [4.78, 5) is 2.56. The topological polar surface area (TPSA) is 59.3 Å². The van der Waals surface area contributed by atoms with Crippen LogP contribution in [0.2, 0.25) is 0 Å². The van der Waals surface area contributed by atoms with E-state index in [2.05, 4.69) is 16.3 Å². The van der Waals surface area contributed by atoms with Gasteiger partial charge in [0, 0.05) is 25.2 Å². The third-order valence-corrected chi connectivity index (χ3v) is 4.60. The highest BCUT2D eigenvalue weighted by Crippen LogP contribution is 2.28. The van der Waals surface area contributed by atoms with Crippen molar-refractivity contribution >= 4 is 0 Å². The van der Waals surface area contributed by atoms with Gasteiger partial charge < -0.3 is 10.4 Å². The fourth-order valence-corrected chi connectivity index (χ4v) is 3.48. The van der Waals surface area contributed by atoms with Crippen LogP contribution < -0.4 is 5.32 Å². The summed E-state index contributed by atoms with van der Waals surface area (Å²) in [6, 6.07) is 10.5. The van der Waals surface area contributed by atoms with Crippen LogP contribution in [0.25, 0.3) is 0 Å². The van der Waals surface area contributed by atoms with E-state index in [0.29, 0.717) is 24.2 Å². The maximum atomic E-state index is 10.2. The van der Waals surface area contributed by atoms with Gasteiger partial charge in [0.15, 0.2) is 0 Å². The number of aliphatic hydroxyl groups is 1. The van der Waals surface area contributed by atoms with E-state index in [-0.39, 0.29) is 0 Å². The molecule has 0 spiro atoms. The SMILES string of the molecule is N#Cc1ccc(C(O)CNC2CCN3CCCC23)cc1. The van der Waals surface area contributed by atoms with E-state index in [1.54, 1.807) is 12.1 Å². The van der Waals surface area contributed by atoms with Gasteiger partial charge in [-0.1, -0.05) is 12.1 Å². The molecule has 2 aliphatic heterocycles. The highest BCUT2D eigenvalue weighted by Gasteiger charge is 2.36. The lowest BCUT2D eigenvalue weighted by Crippen LogP contribution is -2.40. The molecule has 0 aromatic heterocycles. The molecule has 2 heterocycles. The lowest BCUT2D eigenvalue weighted by molar-refractivity contribution is 0.166. The van der Waals surface area contributed by atoms with Crippen molar-refractivity contribution in [3.8, 4) is 6.07 Å². The van der Waals surface area contributed by atoms with Crippen LogP contribution in [0.5, 0.6) is 0 Å². The molecule has 4 nitrogen and oxygen atoms in total. The Morgan fingerprint density at radius 1 is 1.30 bits per heavy atom. The van der Waals surface area contributed by atoms with Crippen LogP contribution in [0.3, 0.4) is 0 Å². The average molecular weight is 271 g/mol. The maximum absolute atomic E-state index is 10.2. The third-order valence-electron chi connectivity index (χ3n) is 4.60. The predicted molar refractivity (Wildman–Crippen MR) is 77.1 cm³/mol. The van der Waals surface area contributed by atoms with E-state index in [0.717, 1.165) is 5.56 Å². The van der Waals surface area contributed by atoms with E-state index < -0.39 is 6.10 Å². The minimum atomic E-state index is -0.502. The molecule has 2 aliphatic rings. The zero-order valence-corrected chi connectivity index (χ0v) is 11.6. The molecule has 3 rings (SSSR count). The van der Waals surface area contributed by atoms with Crippen LogP contribution in [-0.4, -0.2) is 41.7 Å². The summed E-state index contributed by atoms with van der Waals surface area (Å²) in [6.45, 7) is 3.01. The van der Waals surface area contributed by atoms with Crippen molar-refractivity contribution in [1.29, 1.82) is 5.26 Å². The van der Waals surface area contributed by atoms with Crippen LogP contribution in [0.4, 0.5) is 0 Å². The Morgan fingerprint density at radius 3 is 2.85 bits per heavy atom. The highest BCUT2D eigenvalue weighted by atomic mass is 16.3. The molecule has 0 bridgehead atoms. The lowest BCUT2D eigenvalue weighted by Gasteiger charge is -2.23. The number of hydrogen-bond acceptors (Lipinski definition) is 4. The minimum absolute atomic E-state index is 0.502. The number of aliphatic hydroxyl groups excluding tert-OH is 1. The van der Waals surface area contributed by atoms with E-state index in [1.165, 1.54) is 32.4 Å². The monoisotopic (exact) mass is 271 g/mol. The quantitative estimate of drug-likeness (QED) is 0.869. The van der Waals surface area contributed by atoms with E-state index in [1.807, 2.05) is 12.1 Å². The van der Waals surface area contributed by atoms with Crippen LogP contribution in [0.1, 0.15) is 36.5 Å². The molecule has 0 radical (unpaired) electrons. The second kappa shape index (κ2) is 5.92. The van der Waals surface area contributed by atoms with Crippen LogP contribution in [-0.2, 0) is 0 Å². The zero-order valence-electron chi connectivity index (χ0n) is 11.6. The Hall–Kier alpha value is -1.41. The van der Waals surface area contributed by atoms with Gasteiger partial charge in [0.05, 0.1) is 17.7 Å². The summed E-state index contributed by atoms with van der Waals surface area (Å²) in [5.74, 6) is 0. The highest BCUT2D eigenvalue weighted by molar-refractivity contribution is 5.32. The van der Waals surface area contributed by atoms with Gasteiger partial charge in [-0.15, -0.1) is 0 Å². The van der Waals surface area contributed by atoms with Gasteiger partial charge in [-0.05, 0) is 43.5 Å². The van der Waals surface area contributed by atoms with Gasteiger partial charge >= 0.3 is 0 Å². The summed E-state index contributed by atoms with van der Waals surface area (Å²) in [5.41, 5.74) is 1.50. The Labute approximate surface area is 120 Å².